The number of hydrogen-bond acceptors (Lipinski definition) is 4. The van der Waals surface area contributed by atoms with Crippen molar-refractivity contribution < 1.29 is 18.0 Å². The van der Waals surface area contributed by atoms with Gasteiger partial charge in [-0.15, -0.1) is 0 Å². The molecule has 0 bridgehead atoms. The molecule has 0 aromatic heterocycles. The molecule has 7 nitrogen and oxygen atoms in total. The first-order valence-electron chi connectivity index (χ1n) is 12.0. The second kappa shape index (κ2) is 11.9. The Morgan fingerprint density at radius 3 is 2.17 bits per heavy atom. The molecule has 0 spiro atoms. The number of rotatable bonds is 10. The second-order valence-electron chi connectivity index (χ2n) is 8.72. The summed E-state index contributed by atoms with van der Waals surface area (Å²) in [5.74, 6) is -0.867. The lowest BCUT2D eigenvalue weighted by Gasteiger charge is -2.24. The van der Waals surface area contributed by atoms with Crippen LogP contribution in [0.1, 0.15) is 48.7 Å². The van der Waals surface area contributed by atoms with E-state index >= 15 is 0 Å². The quantitative estimate of drug-likeness (QED) is 0.407. The van der Waals surface area contributed by atoms with Gasteiger partial charge in [0.1, 0.15) is 6.54 Å². The van der Waals surface area contributed by atoms with Gasteiger partial charge in [-0.25, -0.2) is 8.42 Å². The Labute approximate surface area is 213 Å². The van der Waals surface area contributed by atoms with Crippen molar-refractivity contribution in [3.8, 4) is 0 Å². The molecular formula is C28H33N3O4S. The van der Waals surface area contributed by atoms with Crippen LogP contribution in [0.25, 0.3) is 0 Å². The lowest BCUT2D eigenvalue weighted by atomic mass is 10.1. The molecule has 0 aliphatic heterocycles. The maximum Gasteiger partial charge on any atom is 0.264 e. The number of sulfonamides is 1. The van der Waals surface area contributed by atoms with Crippen molar-refractivity contribution >= 4 is 33.2 Å². The fourth-order valence-electron chi connectivity index (χ4n) is 3.56. The Balaban J connectivity index is 1.91. The molecule has 3 rings (SSSR count). The van der Waals surface area contributed by atoms with E-state index in [4.69, 9.17) is 0 Å². The van der Waals surface area contributed by atoms with Gasteiger partial charge >= 0.3 is 0 Å². The highest BCUT2D eigenvalue weighted by atomic mass is 32.2. The molecule has 2 N–H and O–H groups in total. The van der Waals surface area contributed by atoms with E-state index in [0.717, 1.165) is 28.3 Å². The minimum atomic E-state index is -4.03. The van der Waals surface area contributed by atoms with E-state index in [2.05, 4.69) is 10.6 Å². The summed E-state index contributed by atoms with van der Waals surface area (Å²) in [6.07, 6.45) is 1.57. The van der Waals surface area contributed by atoms with Crippen LogP contribution in [0.5, 0.6) is 0 Å². The molecule has 36 heavy (non-hydrogen) atoms. The Morgan fingerprint density at radius 2 is 1.56 bits per heavy atom. The minimum absolute atomic E-state index is 0.0255. The largest absolute Gasteiger partial charge is 0.350 e. The van der Waals surface area contributed by atoms with Crippen LogP contribution in [0.2, 0.25) is 0 Å². The summed E-state index contributed by atoms with van der Waals surface area (Å²) in [5, 5.41) is 5.62. The van der Waals surface area contributed by atoms with Crippen molar-refractivity contribution in [1.82, 2.24) is 5.32 Å². The fraction of sp³-hybridized carbons (Fsp3) is 0.286. The Morgan fingerprint density at radius 1 is 0.917 bits per heavy atom. The van der Waals surface area contributed by atoms with Crippen molar-refractivity contribution in [2.24, 2.45) is 0 Å². The highest BCUT2D eigenvalue weighted by Gasteiger charge is 2.27. The van der Waals surface area contributed by atoms with Crippen molar-refractivity contribution in [2.75, 3.05) is 16.2 Å². The van der Waals surface area contributed by atoms with Crippen molar-refractivity contribution in [1.29, 1.82) is 0 Å². The van der Waals surface area contributed by atoms with E-state index in [-0.39, 0.29) is 16.8 Å². The summed E-state index contributed by atoms with van der Waals surface area (Å²) < 4.78 is 28.3. The molecule has 0 saturated heterocycles. The molecule has 0 unspecified atom stereocenters. The van der Waals surface area contributed by atoms with Crippen LogP contribution >= 0.6 is 0 Å². The van der Waals surface area contributed by atoms with E-state index in [0.29, 0.717) is 16.9 Å². The lowest BCUT2D eigenvalue weighted by Crippen LogP contribution is -2.38. The van der Waals surface area contributed by atoms with Gasteiger partial charge in [0.2, 0.25) is 5.91 Å². The summed E-state index contributed by atoms with van der Waals surface area (Å²) in [6.45, 7) is 7.30. The van der Waals surface area contributed by atoms with Crippen LogP contribution in [0.15, 0.2) is 77.7 Å². The van der Waals surface area contributed by atoms with Crippen LogP contribution in [-0.4, -0.2) is 32.8 Å². The van der Waals surface area contributed by atoms with Crippen molar-refractivity contribution in [2.45, 2.75) is 51.5 Å². The number of carbonyl (C=O) groups is 2. The molecule has 0 fully saturated rings. The number of anilines is 2. The first kappa shape index (κ1) is 26.9. The molecule has 0 heterocycles. The number of aryl methyl sites for hydroxylation is 2. The van der Waals surface area contributed by atoms with E-state index < -0.39 is 22.5 Å². The molecule has 0 aliphatic carbocycles. The monoisotopic (exact) mass is 507 g/mol. The van der Waals surface area contributed by atoms with E-state index in [1.165, 1.54) is 12.1 Å². The third-order valence-corrected chi connectivity index (χ3v) is 7.75. The van der Waals surface area contributed by atoms with Crippen LogP contribution < -0.4 is 14.9 Å². The summed E-state index contributed by atoms with van der Waals surface area (Å²) in [5.41, 5.74) is 2.99. The average Bonchev–Trinajstić information content (AvgIpc) is 2.87. The minimum Gasteiger partial charge on any atom is -0.350 e. The van der Waals surface area contributed by atoms with E-state index in [1.807, 2.05) is 39.8 Å². The normalized spacial score (nSPS) is 12.0. The number of nitrogens with zero attached hydrogens (tertiary/aromatic N) is 1. The number of nitrogens with one attached hydrogen (secondary N) is 2. The van der Waals surface area contributed by atoms with Gasteiger partial charge in [-0.1, -0.05) is 55.8 Å². The summed E-state index contributed by atoms with van der Waals surface area (Å²) in [4.78, 5) is 26.0. The van der Waals surface area contributed by atoms with E-state index in [9.17, 15) is 18.0 Å². The molecule has 3 aromatic carbocycles. The van der Waals surface area contributed by atoms with Crippen LogP contribution in [-0.2, 0) is 21.2 Å². The van der Waals surface area contributed by atoms with Gasteiger partial charge in [0, 0.05) is 6.04 Å². The van der Waals surface area contributed by atoms with Crippen LogP contribution in [0.4, 0.5) is 11.4 Å². The lowest BCUT2D eigenvalue weighted by molar-refractivity contribution is -0.114. The zero-order valence-electron chi connectivity index (χ0n) is 21.1. The molecular weight excluding hydrogens is 474 g/mol. The predicted octanol–water partition coefficient (Wildman–Crippen LogP) is 4.92. The van der Waals surface area contributed by atoms with Gasteiger partial charge in [0.05, 0.1) is 21.8 Å². The summed E-state index contributed by atoms with van der Waals surface area (Å²) >= 11 is 0. The summed E-state index contributed by atoms with van der Waals surface area (Å²) in [6, 6.07) is 20.2. The highest BCUT2D eigenvalue weighted by Crippen LogP contribution is 2.25. The second-order valence-corrected chi connectivity index (χ2v) is 10.6. The number of amides is 2. The van der Waals surface area contributed by atoms with Crippen molar-refractivity contribution in [3.05, 3.63) is 89.5 Å². The molecule has 1 atom stereocenters. The third-order valence-electron chi connectivity index (χ3n) is 5.96. The van der Waals surface area contributed by atoms with Crippen LogP contribution in [0.3, 0.4) is 0 Å². The molecule has 0 aliphatic rings. The van der Waals surface area contributed by atoms with Gasteiger partial charge in [0.25, 0.3) is 15.9 Å². The summed E-state index contributed by atoms with van der Waals surface area (Å²) in [7, 11) is -4.03. The molecule has 3 aromatic rings. The molecule has 0 saturated carbocycles. The number of hydrogen-bond donors (Lipinski definition) is 2. The number of carbonyl (C=O) groups excluding carboxylic acids is 2. The first-order valence-corrected chi connectivity index (χ1v) is 13.5. The molecule has 0 radical (unpaired) electrons. The average molecular weight is 508 g/mol. The maximum absolute atomic E-state index is 13.6. The zero-order chi connectivity index (χ0) is 26.3. The van der Waals surface area contributed by atoms with Crippen LogP contribution in [0, 0.1) is 6.92 Å². The Kier molecular flexibility index (Phi) is 8.88. The smallest absolute Gasteiger partial charge is 0.264 e. The Hall–Kier alpha value is -3.65. The SMILES string of the molecule is CCc1ccc(N(CC(=O)Nc2ccccc2C(=O)N[C@@H](C)CC)S(=O)(=O)c2ccc(C)cc2)cc1. The predicted molar refractivity (Wildman–Crippen MR) is 144 cm³/mol. The maximum atomic E-state index is 13.6. The van der Waals surface area contributed by atoms with Crippen molar-refractivity contribution in [3.63, 3.8) is 0 Å². The zero-order valence-corrected chi connectivity index (χ0v) is 21.9. The van der Waals surface area contributed by atoms with Gasteiger partial charge in [-0.2, -0.15) is 0 Å². The van der Waals surface area contributed by atoms with Gasteiger partial charge in [0.15, 0.2) is 0 Å². The molecule has 190 valence electrons. The fourth-order valence-corrected chi connectivity index (χ4v) is 4.99. The molecule has 8 heteroatoms. The Bertz CT molecular complexity index is 1300. The topological polar surface area (TPSA) is 95.6 Å². The first-order chi connectivity index (χ1) is 17.1. The van der Waals surface area contributed by atoms with Gasteiger partial charge in [-0.05, 0) is 68.7 Å². The standard InChI is InChI=1S/C28H33N3O4S/c1-5-21(4)29-28(33)25-9-7-8-10-26(25)30-27(32)19-31(23-15-13-22(6-2)14-16-23)36(34,35)24-17-11-20(3)12-18-24/h7-18,21H,5-6,19H2,1-4H3,(H,29,33)(H,30,32)/t21-/m0/s1. The number of benzene rings is 3. The van der Waals surface area contributed by atoms with E-state index in [1.54, 1.807) is 48.5 Å². The van der Waals surface area contributed by atoms with Gasteiger partial charge < -0.3 is 10.6 Å². The van der Waals surface area contributed by atoms with Gasteiger partial charge in [-0.3, -0.25) is 13.9 Å². The highest BCUT2D eigenvalue weighted by molar-refractivity contribution is 7.92. The molecule has 2 amide bonds. The third kappa shape index (κ3) is 6.51. The number of para-hydroxylation sites is 1.